The Morgan fingerprint density at radius 2 is 1.86 bits per heavy atom. The summed E-state index contributed by atoms with van der Waals surface area (Å²) in [6, 6.07) is 0. The van der Waals surface area contributed by atoms with Crippen LogP contribution in [0, 0.1) is 18.0 Å². The number of hydrogen-bond acceptors (Lipinski definition) is 3. The fourth-order valence-corrected chi connectivity index (χ4v) is 1.12. The van der Waals surface area contributed by atoms with E-state index in [9.17, 15) is 0 Å². The number of rotatable bonds is 0. The Bertz CT molecular complexity index is 405. The van der Waals surface area contributed by atoms with Gasteiger partial charge in [-0.05, 0) is 37.1 Å². The lowest BCUT2D eigenvalue weighted by atomic mass is 9.98. The molecule has 1 aliphatic rings. The summed E-state index contributed by atoms with van der Waals surface area (Å²) in [6.45, 7) is 10.3. The van der Waals surface area contributed by atoms with Crippen LogP contribution in [0.25, 0.3) is 4.95 Å². The van der Waals surface area contributed by atoms with E-state index in [1.807, 2.05) is 13.8 Å². The molecule has 0 saturated carbocycles. The van der Waals surface area contributed by atoms with E-state index >= 15 is 0 Å². The molecule has 0 aliphatic heterocycles. The van der Waals surface area contributed by atoms with E-state index in [1.54, 1.807) is 18.3 Å². The second-order valence-corrected chi connectivity index (χ2v) is 2.84. The molecule has 4 heteroatoms. The molecular weight excluding hydrogens is 176 g/mol. The summed E-state index contributed by atoms with van der Waals surface area (Å²) < 4.78 is 0. The lowest BCUT2D eigenvalue weighted by Gasteiger charge is -2.07. The first-order valence-corrected chi connectivity index (χ1v) is 3.97. The summed E-state index contributed by atoms with van der Waals surface area (Å²) in [4.78, 5) is 6.62. The molecule has 0 radical (unpaired) electrons. The number of hydrogen-bond donors (Lipinski definition) is 0. The highest BCUT2D eigenvalue weighted by Gasteiger charge is 2.12. The molecule has 4 nitrogen and oxygen atoms in total. The van der Waals surface area contributed by atoms with Crippen molar-refractivity contribution in [3.63, 3.8) is 0 Å². The molecule has 0 amide bonds. The normalized spacial score (nSPS) is 21.1. The zero-order chi connectivity index (χ0) is 10.6. The van der Waals surface area contributed by atoms with Gasteiger partial charge in [0.15, 0.2) is 0 Å². The zero-order valence-electron chi connectivity index (χ0n) is 7.94. The van der Waals surface area contributed by atoms with Crippen LogP contribution in [0.15, 0.2) is 33.4 Å². The minimum Gasteiger partial charge on any atom is -0.181 e. The molecule has 0 aromatic heterocycles. The second-order valence-electron chi connectivity index (χ2n) is 2.84. The van der Waals surface area contributed by atoms with E-state index < -0.39 is 0 Å². The molecule has 0 fully saturated rings. The molecule has 0 aromatic rings. The van der Waals surface area contributed by atoms with Crippen LogP contribution in [0.3, 0.4) is 0 Å². The van der Waals surface area contributed by atoms with Gasteiger partial charge < -0.3 is 0 Å². The van der Waals surface area contributed by atoms with E-state index in [4.69, 9.17) is 11.8 Å². The third-order valence-electron chi connectivity index (χ3n) is 1.84. The van der Waals surface area contributed by atoms with Crippen LogP contribution in [0.1, 0.15) is 13.8 Å². The molecular formula is C10H8N4. The highest BCUT2D eigenvalue weighted by molar-refractivity contribution is 6.23. The molecule has 0 N–H and O–H groups in total. The third kappa shape index (κ3) is 1.94. The summed E-state index contributed by atoms with van der Waals surface area (Å²) in [5.74, 6) is 0. The summed E-state index contributed by atoms with van der Waals surface area (Å²) in [5.41, 5.74) is 2.96. The van der Waals surface area contributed by atoms with Crippen LogP contribution in [0.4, 0.5) is 0 Å². The quantitative estimate of drug-likeness (QED) is 0.246. The predicted molar refractivity (Wildman–Crippen MR) is 54.6 cm³/mol. The molecule has 0 unspecified atom stereocenters. The summed E-state index contributed by atoms with van der Waals surface area (Å²) in [6.07, 6.45) is 5.24. The first kappa shape index (κ1) is 9.88. The average Bonchev–Trinajstić information content (AvgIpc) is 2.14. The molecule has 0 saturated heterocycles. The first-order chi connectivity index (χ1) is 6.69. The first-order valence-electron chi connectivity index (χ1n) is 3.97. The Labute approximate surface area is 82.4 Å². The molecule has 14 heavy (non-hydrogen) atoms. The smallest absolute Gasteiger partial charge is 0.181 e. The van der Waals surface area contributed by atoms with Crippen LogP contribution in [0.2, 0.25) is 0 Å². The lowest BCUT2D eigenvalue weighted by Crippen LogP contribution is -2.09. The fraction of sp³-hybridized carbons (Fsp3) is 0.200. The minimum absolute atomic E-state index is 0.633. The Hall–Kier alpha value is -2.20. The van der Waals surface area contributed by atoms with Gasteiger partial charge in [-0.15, -0.1) is 4.95 Å². The summed E-state index contributed by atoms with van der Waals surface area (Å²) in [7, 11) is 0. The predicted octanol–water partition coefficient (Wildman–Crippen LogP) is 2.09. The number of nitrogens with zero attached hydrogens (tertiary/aromatic N) is 4. The van der Waals surface area contributed by atoms with Crippen molar-refractivity contribution in [2.24, 2.45) is 10.1 Å². The van der Waals surface area contributed by atoms with E-state index in [-0.39, 0.29) is 0 Å². The standard InChI is InChI=1S/C10H8N4/c1-7-5-10(14-12-3)8(2)4-9(7)13-6-11/h4-5H,1-2H3/b13-9-,14-10-. The van der Waals surface area contributed by atoms with E-state index in [0.29, 0.717) is 11.4 Å². The Balaban J connectivity index is 3.17. The Kier molecular flexibility index (Phi) is 2.93. The number of nitriles is 1. The molecule has 1 aliphatic carbocycles. The van der Waals surface area contributed by atoms with Gasteiger partial charge in [-0.2, -0.15) is 16.8 Å². The average molecular weight is 184 g/mol. The summed E-state index contributed by atoms with van der Waals surface area (Å²) in [5, 5.41) is 12.1. The van der Waals surface area contributed by atoms with Crippen LogP contribution >= 0.6 is 0 Å². The van der Waals surface area contributed by atoms with Gasteiger partial charge in [0, 0.05) is 0 Å². The van der Waals surface area contributed by atoms with Crippen molar-refractivity contribution in [3.8, 4) is 6.19 Å². The Morgan fingerprint density at radius 1 is 1.29 bits per heavy atom. The molecule has 1 rings (SSSR count). The van der Waals surface area contributed by atoms with Gasteiger partial charge in [-0.3, -0.25) is 0 Å². The highest BCUT2D eigenvalue weighted by Crippen LogP contribution is 2.13. The lowest BCUT2D eigenvalue weighted by molar-refractivity contribution is 1.40. The maximum atomic E-state index is 8.42. The number of allylic oxidation sites excluding steroid dienone is 4. The second kappa shape index (κ2) is 4.15. The van der Waals surface area contributed by atoms with Gasteiger partial charge in [0.2, 0.25) is 6.19 Å². The van der Waals surface area contributed by atoms with Gasteiger partial charge in [0.05, 0.1) is 10.8 Å². The highest BCUT2D eigenvalue weighted by atomic mass is 15.2. The molecule has 0 spiro atoms. The van der Waals surface area contributed by atoms with Crippen molar-refractivity contribution in [1.82, 2.24) is 0 Å². The largest absolute Gasteiger partial charge is 0.206 e. The van der Waals surface area contributed by atoms with Crippen LogP contribution in [-0.2, 0) is 0 Å². The van der Waals surface area contributed by atoms with Gasteiger partial charge in [-0.25, -0.2) is 0 Å². The monoisotopic (exact) mass is 184 g/mol. The van der Waals surface area contributed by atoms with Crippen molar-refractivity contribution >= 4 is 11.4 Å². The Morgan fingerprint density at radius 3 is 2.43 bits per heavy atom. The minimum atomic E-state index is 0.633. The van der Waals surface area contributed by atoms with Crippen LogP contribution in [-0.4, -0.2) is 11.4 Å². The van der Waals surface area contributed by atoms with Crippen molar-refractivity contribution in [1.29, 1.82) is 5.26 Å². The maximum Gasteiger partial charge on any atom is 0.206 e. The summed E-state index contributed by atoms with van der Waals surface area (Å²) >= 11 is 0. The van der Waals surface area contributed by atoms with Crippen LogP contribution < -0.4 is 0 Å². The SMILES string of the molecule is [C-]#[N+]/N=C1C=C(C)/C(=N\C#N)C=C/1C. The molecule has 0 bridgehead atoms. The van der Waals surface area contributed by atoms with Crippen molar-refractivity contribution < 1.29 is 0 Å². The van der Waals surface area contributed by atoms with E-state index in [1.165, 1.54) is 0 Å². The third-order valence-corrected chi connectivity index (χ3v) is 1.84. The number of aliphatic imine (C=N–C) groups is 1. The van der Waals surface area contributed by atoms with Crippen LogP contribution in [0.5, 0.6) is 0 Å². The molecule has 68 valence electrons. The van der Waals surface area contributed by atoms with Gasteiger partial charge in [-0.1, -0.05) is 0 Å². The van der Waals surface area contributed by atoms with E-state index in [2.05, 4.69) is 15.0 Å². The van der Waals surface area contributed by atoms with E-state index in [0.717, 1.165) is 11.1 Å². The van der Waals surface area contributed by atoms with Gasteiger partial charge in [0.25, 0.3) is 0 Å². The molecule has 0 aromatic carbocycles. The fourth-order valence-electron chi connectivity index (χ4n) is 1.12. The topological polar surface area (TPSA) is 52.9 Å². The van der Waals surface area contributed by atoms with Crippen molar-refractivity contribution in [2.45, 2.75) is 13.8 Å². The van der Waals surface area contributed by atoms with Crippen molar-refractivity contribution in [3.05, 3.63) is 34.8 Å². The van der Waals surface area contributed by atoms with Gasteiger partial charge >= 0.3 is 0 Å². The van der Waals surface area contributed by atoms with Gasteiger partial charge in [0.1, 0.15) is 5.71 Å². The van der Waals surface area contributed by atoms with Crippen molar-refractivity contribution in [2.75, 3.05) is 0 Å². The molecule has 0 atom stereocenters. The molecule has 0 heterocycles. The maximum absolute atomic E-state index is 8.42. The zero-order valence-corrected chi connectivity index (χ0v) is 7.94.